The van der Waals surface area contributed by atoms with Gasteiger partial charge in [0.1, 0.15) is 0 Å². The first-order valence-corrected chi connectivity index (χ1v) is 5.94. The van der Waals surface area contributed by atoms with Gasteiger partial charge in [-0.3, -0.25) is 4.21 Å². The first-order valence-electron chi connectivity index (χ1n) is 4.45. The van der Waals surface area contributed by atoms with Crippen molar-refractivity contribution in [2.24, 2.45) is 0 Å². The van der Waals surface area contributed by atoms with Crippen LogP contribution in [0.15, 0.2) is 12.4 Å². The zero-order chi connectivity index (χ0) is 9.10. The van der Waals surface area contributed by atoms with Gasteiger partial charge in [-0.15, -0.1) is 0 Å². The Bertz CT molecular complexity index is 276. The molecule has 4 nitrogen and oxygen atoms in total. The number of hydrogen-bond acceptors (Lipinski definition) is 3. The zero-order valence-electron chi connectivity index (χ0n) is 7.32. The van der Waals surface area contributed by atoms with Gasteiger partial charge in [-0.25, -0.2) is 4.98 Å². The van der Waals surface area contributed by atoms with Crippen LogP contribution in [-0.2, 0) is 10.8 Å². The summed E-state index contributed by atoms with van der Waals surface area (Å²) in [5.74, 6) is 2.45. The Kier molecular flexibility index (Phi) is 2.63. The minimum atomic E-state index is -0.580. The maximum absolute atomic E-state index is 11.1. The van der Waals surface area contributed by atoms with E-state index in [1.165, 1.54) is 0 Å². The van der Waals surface area contributed by atoms with Crippen LogP contribution >= 0.6 is 0 Å². The third-order valence-corrected chi connectivity index (χ3v) is 3.61. The molecule has 1 fully saturated rings. The Morgan fingerprint density at radius 2 is 2.31 bits per heavy atom. The van der Waals surface area contributed by atoms with E-state index in [2.05, 4.69) is 15.3 Å². The van der Waals surface area contributed by atoms with Gasteiger partial charge in [0, 0.05) is 40.7 Å². The number of aromatic nitrogens is 2. The molecule has 0 aromatic carbocycles. The van der Waals surface area contributed by atoms with Crippen LogP contribution in [0.3, 0.4) is 0 Å². The third-order valence-electron chi connectivity index (χ3n) is 2.23. The van der Waals surface area contributed by atoms with Crippen LogP contribution in [0, 0.1) is 0 Å². The second-order valence-corrected chi connectivity index (χ2v) is 4.90. The molecule has 1 aliphatic heterocycles. The Morgan fingerprint density at radius 1 is 1.54 bits per heavy atom. The summed E-state index contributed by atoms with van der Waals surface area (Å²) in [6.45, 7) is 0. The average Bonchev–Trinajstić information content (AvgIpc) is 2.62. The third kappa shape index (κ3) is 2.30. The van der Waals surface area contributed by atoms with E-state index < -0.39 is 10.8 Å². The zero-order valence-corrected chi connectivity index (χ0v) is 8.14. The minimum absolute atomic E-state index is 0.434. The highest BCUT2D eigenvalue weighted by Crippen LogP contribution is 2.12. The highest BCUT2D eigenvalue weighted by Gasteiger charge is 2.17. The van der Waals surface area contributed by atoms with Crippen molar-refractivity contribution in [1.29, 1.82) is 0 Å². The number of nitrogens with one attached hydrogen (secondary N) is 2. The maximum atomic E-state index is 11.1. The number of hydrogen-bond donors (Lipinski definition) is 2. The molecule has 0 unspecified atom stereocenters. The quantitative estimate of drug-likeness (QED) is 0.738. The second-order valence-electron chi connectivity index (χ2n) is 3.20. The van der Waals surface area contributed by atoms with Gasteiger partial charge in [-0.05, 0) is 12.8 Å². The molecule has 1 aliphatic rings. The van der Waals surface area contributed by atoms with E-state index in [4.69, 9.17) is 0 Å². The smallest absolute Gasteiger partial charge is 0.200 e. The van der Waals surface area contributed by atoms with Crippen molar-refractivity contribution in [3.63, 3.8) is 0 Å². The van der Waals surface area contributed by atoms with E-state index >= 15 is 0 Å². The number of aromatic amines is 1. The summed E-state index contributed by atoms with van der Waals surface area (Å²) in [6.07, 6.45) is 5.48. The highest BCUT2D eigenvalue weighted by molar-refractivity contribution is 7.85. The summed E-state index contributed by atoms with van der Waals surface area (Å²) in [4.78, 5) is 7.08. The molecule has 0 atom stereocenters. The van der Waals surface area contributed by atoms with Gasteiger partial charge in [-0.1, -0.05) is 0 Å². The van der Waals surface area contributed by atoms with Gasteiger partial charge in [-0.2, -0.15) is 0 Å². The van der Waals surface area contributed by atoms with E-state index in [-0.39, 0.29) is 0 Å². The molecule has 1 aromatic rings. The molecule has 2 rings (SSSR count). The first-order chi connectivity index (χ1) is 6.34. The summed E-state index contributed by atoms with van der Waals surface area (Å²) in [5.41, 5.74) is 0. The molecule has 0 bridgehead atoms. The number of rotatable bonds is 2. The Morgan fingerprint density at radius 3 is 2.92 bits per heavy atom. The molecular weight excluding hydrogens is 186 g/mol. The van der Waals surface area contributed by atoms with Crippen molar-refractivity contribution in [2.45, 2.75) is 18.9 Å². The predicted molar refractivity (Wildman–Crippen MR) is 53.1 cm³/mol. The fourth-order valence-electron chi connectivity index (χ4n) is 1.48. The topological polar surface area (TPSA) is 57.8 Å². The van der Waals surface area contributed by atoms with Crippen LogP contribution in [0.5, 0.6) is 0 Å². The molecule has 0 radical (unpaired) electrons. The Balaban J connectivity index is 1.86. The Labute approximate surface area is 79.6 Å². The van der Waals surface area contributed by atoms with Crippen molar-refractivity contribution >= 4 is 16.7 Å². The standard InChI is InChI=1S/C8H13N3OS/c12-13-5-1-7(2-6-13)11-8-9-3-4-10-8/h3-4,7H,1-2,5-6H2,(H2,9,10,11). The van der Waals surface area contributed by atoms with Gasteiger partial charge in [0.25, 0.3) is 0 Å². The molecule has 0 amide bonds. The van der Waals surface area contributed by atoms with E-state index in [1.807, 2.05) is 0 Å². The lowest BCUT2D eigenvalue weighted by Crippen LogP contribution is -2.29. The fraction of sp³-hybridized carbons (Fsp3) is 0.625. The van der Waals surface area contributed by atoms with Crippen molar-refractivity contribution in [3.05, 3.63) is 12.4 Å². The first kappa shape index (κ1) is 8.74. The highest BCUT2D eigenvalue weighted by atomic mass is 32.2. The van der Waals surface area contributed by atoms with Crippen molar-refractivity contribution in [3.8, 4) is 0 Å². The van der Waals surface area contributed by atoms with Gasteiger partial charge >= 0.3 is 0 Å². The molecule has 2 heterocycles. The van der Waals surface area contributed by atoms with Gasteiger partial charge < -0.3 is 10.3 Å². The van der Waals surface area contributed by atoms with Crippen molar-refractivity contribution in [2.75, 3.05) is 16.8 Å². The van der Waals surface area contributed by atoms with Crippen LogP contribution in [-0.4, -0.2) is 31.7 Å². The second kappa shape index (κ2) is 3.91. The summed E-state index contributed by atoms with van der Waals surface area (Å²) < 4.78 is 11.1. The van der Waals surface area contributed by atoms with Crippen LogP contribution < -0.4 is 5.32 Å². The van der Waals surface area contributed by atoms with Crippen molar-refractivity contribution in [1.82, 2.24) is 9.97 Å². The monoisotopic (exact) mass is 199 g/mol. The van der Waals surface area contributed by atoms with E-state index in [9.17, 15) is 4.21 Å². The maximum Gasteiger partial charge on any atom is 0.200 e. The molecule has 1 aromatic heterocycles. The summed E-state index contributed by atoms with van der Waals surface area (Å²) in [5, 5.41) is 3.28. The van der Waals surface area contributed by atoms with Crippen LogP contribution in [0.2, 0.25) is 0 Å². The van der Waals surface area contributed by atoms with Crippen LogP contribution in [0.4, 0.5) is 5.95 Å². The lowest BCUT2D eigenvalue weighted by Gasteiger charge is -2.21. The molecule has 0 aliphatic carbocycles. The SMILES string of the molecule is O=S1CCC(Nc2ncc[nH]2)CC1. The molecule has 0 spiro atoms. The Hall–Kier alpha value is -0.840. The molecule has 13 heavy (non-hydrogen) atoms. The average molecular weight is 199 g/mol. The summed E-state index contributed by atoms with van der Waals surface area (Å²) in [6, 6.07) is 0.434. The normalized spacial score (nSPS) is 28.6. The molecule has 1 saturated heterocycles. The van der Waals surface area contributed by atoms with Gasteiger partial charge in [0.2, 0.25) is 0 Å². The van der Waals surface area contributed by atoms with Crippen molar-refractivity contribution < 1.29 is 4.21 Å². The molecule has 2 N–H and O–H groups in total. The van der Waals surface area contributed by atoms with E-state index in [1.54, 1.807) is 12.4 Å². The lowest BCUT2D eigenvalue weighted by molar-refractivity contribution is 0.621. The van der Waals surface area contributed by atoms with E-state index in [0.29, 0.717) is 6.04 Å². The predicted octanol–water partition coefficient (Wildman–Crippen LogP) is 0.733. The largest absolute Gasteiger partial charge is 0.353 e. The number of anilines is 1. The number of imidazole rings is 1. The molecule has 0 saturated carbocycles. The van der Waals surface area contributed by atoms with E-state index in [0.717, 1.165) is 30.3 Å². The molecule has 72 valence electrons. The molecular formula is C8H13N3OS. The fourth-order valence-corrected chi connectivity index (χ4v) is 2.77. The lowest BCUT2D eigenvalue weighted by atomic mass is 10.2. The molecule has 5 heteroatoms. The minimum Gasteiger partial charge on any atom is -0.353 e. The number of nitrogens with zero attached hydrogens (tertiary/aromatic N) is 1. The number of H-pyrrole nitrogens is 1. The summed E-state index contributed by atoms with van der Waals surface area (Å²) >= 11 is 0. The van der Waals surface area contributed by atoms with Gasteiger partial charge in [0.05, 0.1) is 0 Å². The van der Waals surface area contributed by atoms with Crippen LogP contribution in [0.1, 0.15) is 12.8 Å². The van der Waals surface area contributed by atoms with Gasteiger partial charge in [0.15, 0.2) is 5.95 Å². The van der Waals surface area contributed by atoms with Crippen LogP contribution in [0.25, 0.3) is 0 Å². The summed E-state index contributed by atoms with van der Waals surface area (Å²) in [7, 11) is -0.580.